The van der Waals surface area contributed by atoms with Crippen LogP contribution in [0.3, 0.4) is 0 Å². The largest absolute Gasteiger partial charge is 0.397 e. The van der Waals surface area contributed by atoms with Crippen LogP contribution >= 0.6 is 0 Å². The first kappa shape index (κ1) is 8.87. The van der Waals surface area contributed by atoms with Crippen LogP contribution in [-0.2, 0) is 0 Å². The minimum Gasteiger partial charge on any atom is -0.397 e. The van der Waals surface area contributed by atoms with Gasteiger partial charge in [-0.25, -0.2) is 0 Å². The number of rotatable bonds is 2. The predicted molar refractivity (Wildman–Crippen MR) is 52.7 cm³/mol. The van der Waals surface area contributed by atoms with E-state index in [2.05, 4.69) is 6.92 Å². The molecule has 0 unspecified atom stereocenters. The Morgan fingerprint density at radius 3 is 2.42 bits per heavy atom. The molecule has 0 aliphatic heterocycles. The van der Waals surface area contributed by atoms with Gasteiger partial charge in [-0.3, -0.25) is 0 Å². The normalized spacial score (nSPS) is 12.8. The summed E-state index contributed by atoms with van der Waals surface area (Å²) in [6.45, 7) is 2.69. The van der Waals surface area contributed by atoms with Crippen LogP contribution in [0.5, 0.6) is 0 Å². The molecule has 0 spiro atoms. The highest BCUT2D eigenvalue weighted by Crippen LogP contribution is 2.21. The van der Waals surface area contributed by atoms with Gasteiger partial charge in [0.15, 0.2) is 0 Å². The number of benzene rings is 1. The number of hydrogen-bond acceptors (Lipinski definition) is 3. The molecule has 0 bridgehead atoms. The average molecular weight is 165 g/mol. The first-order valence-corrected chi connectivity index (χ1v) is 4.00. The Bertz CT molecular complexity index is 270. The van der Waals surface area contributed by atoms with E-state index in [0.717, 1.165) is 5.56 Å². The maximum atomic E-state index is 5.65. The zero-order valence-corrected chi connectivity index (χ0v) is 7.25. The fraction of sp³-hybridized carbons (Fsp3) is 0.333. The number of anilines is 2. The molecule has 1 rings (SSSR count). The van der Waals surface area contributed by atoms with Gasteiger partial charge < -0.3 is 17.2 Å². The second-order valence-corrected chi connectivity index (χ2v) is 3.03. The highest BCUT2D eigenvalue weighted by atomic mass is 14.7. The average Bonchev–Trinajstić information content (AvgIpc) is 2.08. The molecule has 0 saturated heterocycles. The van der Waals surface area contributed by atoms with E-state index in [9.17, 15) is 0 Å². The molecule has 3 nitrogen and oxygen atoms in total. The van der Waals surface area contributed by atoms with E-state index in [-0.39, 0.29) is 0 Å². The van der Waals surface area contributed by atoms with Crippen molar-refractivity contribution in [3.05, 3.63) is 23.8 Å². The third-order valence-electron chi connectivity index (χ3n) is 2.03. The zero-order valence-electron chi connectivity index (χ0n) is 7.25. The van der Waals surface area contributed by atoms with E-state index in [1.807, 2.05) is 18.2 Å². The minimum atomic E-state index is 0.341. The molecule has 0 aliphatic rings. The van der Waals surface area contributed by atoms with Crippen LogP contribution in [0.15, 0.2) is 18.2 Å². The molecular formula is C9H15N3. The molecular weight excluding hydrogens is 150 g/mol. The summed E-state index contributed by atoms with van der Waals surface area (Å²) in [6.07, 6.45) is 0. The van der Waals surface area contributed by atoms with Crippen LogP contribution in [0.4, 0.5) is 11.4 Å². The summed E-state index contributed by atoms with van der Waals surface area (Å²) in [6, 6.07) is 5.66. The second kappa shape index (κ2) is 3.45. The Morgan fingerprint density at radius 1 is 1.25 bits per heavy atom. The number of hydrogen-bond donors (Lipinski definition) is 3. The molecule has 0 heterocycles. The van der Waals surface area contributed by atoms with Crippen molar-refractivity contribution >= 4 is 11.4 Å². The molecule has 0 aromatic heterocycles. The highest BCUT2D eigenvalue weighted by molar-refractivity contribution is 5.64. The molecule has 0 amide bonds. The summed E-state index contributed by atoms with van der Waals surface area (Å²) in [4.78, 5) is 0. The number of nitrogen functional groups attached to an aromatic ring is 2. The maximum absolute atomic E-state index is 5.65. The fourth-order valence-electron chi connectivity index (χ4n) is 1.04. The SMILES string of the molecule is C[C@H](CN)c1ccc(N)c(N)c1. The van der Waals surface area contributed by atoms with Crippen molar-refractivity contribution in [2.24, 2.45) is 5.73 Å². The summed E-state index contributed by atoms with van der Waals surface area (Å²) < 4.78 is 0. The molecule has 0 saturated carbocycles. The quantitative estimate of drug-likeness (QED) is 0.570. The molecule has 1 atom stereocenters. The predicted octanol–water partition coefficient (Wildman–Crippen LogP) is 0.913. The van der Waals surface area contributed by atoms with Crippen molar-refractivity contribution in [2.75, 3.05) is 18.0 Å². The summed E-state index contributed by atoms with van der Waals surface area (Å²) in [7, 11) is 0. The summed E-state index contributed by atoms with van der Waals surface area (Å²) in [5.41, 5.74) is 19.1. The van der Waals surface area contributed by atoms with Gasteiger partial charge in [-0.1, -0.05) is 13.0 Å². The van der Waals surface area contributed by atoms with Crippen LogP contribution in [0.1, 0.15) is 18.4 Å². The molecule has 0 radical (unpaired) electrons. The smallest absolute Gasteiger partial charge is 0.0550 e. The summed E-state index contributed by atoms with van der Waals surface area (Å²) in [5.74, 6) is 0.341. The summed E-state index contributed by atoms with van der Waals surface area (Å²) >= 11 is 0. The molecule has 1 aromatic carbocycles. The lowest BCUT2D eigenvalue weighted by Gasteiger charge is -2.10. The first-order chi connectivity index (χ1) is 5.65. The number of nitrogens with two attached hydrogens (primary N) is 3. The lowest BCUT2D eigenvalue weighted by atomic mass is 10.0. The molecule has 6 N–H and O–H groups in total. The van der Waals surface area contributed by atoms with Gasteiger partial charge in [0.2, 0.25) is 0 Å². The van der Waals surface area contributed by atoms with Crippen molar-refractivity contribution in [1.82, 2.24) is 0 Å². The third-order valence-corrected chi connectivity index (χ3v) is 2.03. The van der Waals surface area contributed by atoms with Gasteiger partial charge in [0.1, 0.15) is 0 Å². The van der Waals surface area contributed by atoms with Gasteiger partial charge >= 0.3 is 0 Å². The van der Waals surface area contributed by atoms with Crippen LogP contribution < -0.4 is 17.2 Å². The van der Waals surface area contributed by atoms with Gasteiger partial charge in [-0.15, -0.1) is 0 Å². The monoisotopic (exact) mass is 165 g/mol. The Balaban J connectivity index is 2.96. The standard InChI is InChI=1S/C9H15N3/c1-6(5-10)7-2-3-8(11)9(12)4-7/h2-4,6H,5,10-12H2,1H3/t6-/m1/s1. The van der Waals surface area contributed by atoms with Crippen molar-refractivity contribution in [2.45, 2.75) is 12.8 Å². The maximum Gasteiger partial charge on any atom is 0.0550 e. The van der Waals surface area contributed by atoms with Crippen LogP contribution in [0, 0.1) is 0 Å². The van der Waals surface area contributed by atoms with Gasteiger partial charge in [-0.05, 0) is 30.2 Å². The molecule has 1 aromatic rings. The van der Waals surface area contributed by atoms with Gasteiger partial charge in [-0.2, -0.15) is 0 Å². The topological polar surface area (TPSA) is 78.1 Å². The van der Waals surface area contributed by atoms with Crippen LogP contribution in [-0.4, -0.2) is 6.54 Å². The Morgan fingerprint density at radius 2 is 1.92 bits per heavy atom. The molecule has 12 heavy (non-hydrogen) atoms. The van der Waals surface area contributed by atoms with E-state index in [0.29, 0.717) is 23.8 Å². The highest BCUT2D eigenvalue weighted by Gasteiger charge is 2.03. The lowest BCUT2D eigenvalue weighted by molar-refractivity contribution is 0.775. The third kappa shape index (κ3) is 1.68. The fourth-order valence-corrected chi connectivity index (χ4v) is 1.04. The Kier molecular flexibility index (Phi) is 2.55. The van der Waals surface area contributed by atoms with E-state index >= 15 is 0 Å². The van der Waals surface area contributed by atoms with E-state index in [4.69, 9.17) is 17.2 Å². The molecule has 66 valence electrons. The molecule has 0 aliphatic carbocycles. The van der Waals surface area contributed by atoms with Crippen LogP contribution in [0.2, 0.25) is 0 Å². The Hall–Kier alpha value is -1.22. The molecule has 3 heteroatoms. The van der Waals surface area contributed by atoms with Crippen molar-refractivity contribution in [3.8, 4) is 0 Å². The Labute approximate surface area is 72.5 Å². The lowest BCUT2D eigenvalue weighted by Crippen LogP contribution is -2.09. The minimum absolute atomic E-state index is 0.341. The van der Waals surface area contributed by atoms with Crippen LogP contribution in [0.25, 0.3) is 0 Å². The first-order valence-electron chi connectivity index (χ1n) is 4.00. The van der Waals surface area contributed by atoms with E-state index < -0.39 is 0 Å². The zero-order chi connectivity index (χ0) is 9.14. The van der Waals surface area contributed by atoms with E-state index in [1.54, 1.807) is 0 Å². The molecule has 0 fully saturated rings. The summed E-state index contributed by atoms with van der Waals surface area (Å²) in [5, 5.41) is 0. The van der Waals surface area contributed by atoms with Gasteiger partial charge in [0, 0.05) is 0 Å². The van der Waals surface area contributed by atoms with Crippen molar-refractivity contribution in [3.63, 3.8) is 0 Å². The van der Waals surface area contributed by atoms with Crippen molar-refractivity contribution < 1.29 is 0 Å². The van der Waals surface area contributed by atoms with E-state index in [1.165, 1.54) is 0 Å². The van der Waals surface area contributed by atoms with Crippen molar-refractivity contribution in [1.29, 1.82) is 0 Å². The van der Waals surface area contributed by atoms with Gasteiger partial charge in [0.05, 0.1) is 11.4 Å². The second-order valence-electron chi connectivity index (χ2n) is 3.03. The van der Waals surface area contributed by atoms with Gasteiger partial charge in [0.25, 0.3) is 0 Å².